The Hall–Kier alpha value is -2.11. The molecule has 1 heterocycles. The topological polar surface area (TPSA) is 49.9 Å². The summed E-state index contributed by atoms with van der Waals surface area (Å²) >= 11 is 0. The van der Waals surface area contributed by atoms with Crippen molar-refractivity contribution in [1.29, 1.82) is 0 Å². The fourth-order valence-corrected chi connectivity index (χ4v) is 3.12. The Bertz CT molecular complexity index is 642. The predicted molar refractivity (Wildman–Crippen MR) is 98.1 cm³/mol. The first-order chi connectivity index (χ1) is 12.2. The van der Waals surface area contributed by atoms with Crippen LogP contribution in [0.1, 0.15) is 52.5 Å². The van der Waals surface area contributed by atoms with Gasteiger partial charge in [0.25, 0.3) is 0 Å². The second kappa shape index (κ2) is 8.52. The van der Waals surface area contributed by atoms with Gasteiger partial charge < -0.3 is 9.64 Å². The van der Waals surface area contributed by atoms with Crippen LogP contribution in [0, 0.1) is 5.82 Å². The molecule has 144 valence electrons. The zero-order chi connectivity index (χ0) is 19.3. The molecule has 0 bridgehead atoms. The van der Waals surface area contributed by atoms with E-state index in [4.69, 9.17) is 4.74 Å². The summed E-state index contributed by atoms with van der Waals surface area (Å²) in [7, 11) is 0. The van der Waals surface area contributed by atoms with E-state index in [-0.39, 0.29) is 18.3 Å². The molecule has 0 unspecified atom stereocenters. The molecule has 1 fully saturated rings. The van der Waals surface area contributed by atoms with Gasteiger partial charge in [-0.05, 0) is 53.0 Å². The number of piperidine rings is 1. The van der Waals surface area contributed by atoms with Crippen molar-refractivity contribution in [3.8, 4) is 0 Å². The van der Waals surface area contributed by atoms with Gasteiger partial charge >= 0.3 is 6.09 Å². The van der Waals surface area contributed by atoms with Crippen LogP contribution in [-0.2, 0) is 16.1 Å². The number of carbonyl (C=O) groups is 2. The zero-order valence-electron chi connectivity index (χ0n) is 16.1. The van der Waals surface area contributed by atoms with Crippen LogP contribution >= 0.6 is 0 Å². The zero-order valence-corrected chi connectivity index (χ0v) is 16.1. The summed E-state index contributed by atoms with van der Waals surface area (Å²) in [5.74, 6) is -0.479. The molecule has 6 heteroatoms. The number of amides is 2. The third kappa shape index (κ3) is 5.19. The highest BCUT2D eigenvalue weighted by molar-refractivity contribution is 5.86. The molecular weight excluding hydrogens is 335 g/mol. The Morgan fingerprint density at radius 3 is 2.58 bits per heavy atom. The molecule has 0 aromatic heterocycles. The van der Waals surface area contributed by atoms with Gasteiger partial charge in [-0.1, -0.05) is 18.2 Å². The number of nitrogens with zero attached hydrogens (tertiary/aromatic N) is 2. The summed E-state index contributed by atoms with van der Waals surface area (Å²) in [6.45, 7) is 8.43. The summed E-state index contributed by atoms with van der Waals surface area (Å²) in [6.07, 6.45) is 1.87. The van der Waals surface area contributed by atoms with Crippen LogP contribution in [0.4, 0.5) is 9.18 Å². The molecule has 0 saturated carbocycles. The van der Waals surface area contributed by atoms with E-state index in [0.29, 0.717) is 25.1 Å². The number of ether oxygens (including phenoxy) is 1. The fourth-order valence-electron chi connectivity index (χ4n) is 3.12. The van der Waals surface area contributed by atoms with E-state index >= 15 is 0 Å². The Morgan fingerprint density at radius 2 is 1.96 bits per heavy atom. The quantitative estimate of drug-likeness (QED) is 0.812. The Balaban J connectivity index is 2.15. The first-order valence-electron chi connectivity index (χ1n) is 9.24. The van der Waals surface area contributed by atoms with Crippen molar-refractivity contribution >= 4 is 12.0 Å². The molecular formula is C20H29FN2O3. The third-order valence-corrected chi connectivity index (χ3v) is 4.43. The summed E-state index contributed by atoms with van der Waals surface area (Å²) < 4.78 is 19.4. The lowest BCUT2D eigenvalue weighted by Crippen LogP contribution is -2.53. The lowest BCUT2D eigenvalue weighted by Gasteiger charge is -2.38. The molecule has 1 atom stereocenters. The van der Waals surface area contributed by atoms with E-state index in [0.717, 1.165) is 12.8 Å². The molecule has 0 aliphatic carbocycles. The molecule has 0 spiro atoms. The average molecular weight is 364 g/mol. The minimum atomic E-state index is -0.611. The van der Waals surface area contributed by atoms with Gasteiger partial charge in [-0.2, -0.15) is 0 Å². The molecule has 1 aliphatic rings. The van der Waals surface area contributed by atoms with Crippen LogP contribution in [0.25, 0.3) is 0 Å². The minimum absolute atomic E-state index is 0.152. The molecule has 1 saturated heterocycles. The molecule has 2 amide bonds. The number of carbonyl (C=O) groups excluding carboxylic acids is 2. The maximum absolute atomic E-state index is 14.0. The van der Waals surface area contributed by atoms with Gasteiger partial charge in [-0.15, -0.1) is 0 Å². The van der Waals surface area contributed by atoms with E-state index in [1.165, 1.54) is 11.0 Å². The molecule has 26 heavy (non-hydrogen) atoms. The van der Waals surface area contributed by atoms with Crippen LogP contribution in [0.15, 0.2) is 24.3 Å². The maximum Gasteiger partial charge on any atom is 0.410 e. The smallest absolute Gasteiger partial charge is 0.410 e. The molecule has 2 rings (SSSR count). The largest absolute Gasteiger partial charge is 0.444 e. The number of halogens is 1. The average Bonchev–Trinajstić information content (AvgIpc) is 2.59. The minimum Gasteiger partial charge on any atom is -0.444 e. The predicted octanol–water partition coefficient (Wildman–Crippen LogP) is 3.96. The number of rotatable bonds is 4. The number of hydrogen-bond acceptors (Lipinski definition) is 3. The van der Waals surface area contributed by atoms with Crippen LogP contribution in [0.2, 0.25) is 0 Å². The Kier molecular flexibility index (Phi) is 6.62. The van der Waals surface area contributed by atoms with Crippen LogP contribution in [-0.4, -0.2) is 46.5 Å². The second-order valence-corrected chi connectivity index (χ2v) is 7.63. The van der Waals surface area contributed by atoms with Crippen molar-refractivity contribution in [2.24, 2.45) is 0 Å². The van der Waals surface area contributed by atoms with Gasteiger partial charge in [0.05, 0.1) is 0 Å². The number of hydrogen-bond donors (Lipinski definition) is 0. The summed E-state index contributed by atoms with van der Waals surface area (Å²) in [6, 6.07) is 5.90. The standard InChI is InChI=1S/C20H29FN2O3/c1-5-22(14-15-10-6-7-11-16(15)21)18(24)17-12-8-9-13-23(17)19(25)26-20(2,3)4/h6-7,10-11,17H,5,8-9,12-14H2,1-4H3/t17-/m1/s1. The van der Waals surface area contributed by atoms with Gasteiger partial charge in [-0.25, -0.2) is 9.18 Å². The highest BCUT2D eigenvalue weighted by atomic mass is 19.1. The molecule has 1 aliphatic heterocycles. The number of likely N-dealkylation sites (tertiary alicyclic amines) is 1. The maximum atomic E-state index is 14.0. The van der Waals surface area contributed by atoms with Gasteiger partial charge in [0.1, 0.15) is 17.5 Å². The SMILES string of the molecule is CCN(Cc1ccccc1F)C(=O)[C@H]1CCCCN1C(=O)OC(C)(C)C. The van der Waals surface area contributed by atoms with E-state index in [1.807, 2.05) is 27.7 Å². The summed E-state index contributed by atoms with van der Waals surface area (Å²) in [4.78, 5) is 28.7. The normalized spacial score (nSPS) is 17.7. The van der Waals surface area contributed by atoms with Crippen molar-refractivity contribution in [2.75, 3.05) is 13.1 Å². The van der Waals surface area contributed by atoms with E-state index in [1.54, 1.807) is 23.1 Å². The molecule has 0 N–H and O–H groups in total. The van der Waals surface area contributed by atoms with Crippen molar-refractivity contribution in [1.82, 2.24) is 9.80 Å². The van der Waals surface area contributed by atoms with Gasteiger partial charge in [0.15, 0.2) is 0 Å². The van der Waals surface area contributed by atoms with Crippen LogP contribution in [0.3, 0.4) is 0 Å². The van der Waals surface area contributed by atoms with E-state index in [2.05, 4.69) is 0 Å². The fraction of sp³-hybridized carbons (Fsp3) is 0.600. The second-order valence-electron chi connectivity index (χ2n) is 7.63. The van der Waals surface area contributed by atoms with Crippen molar-refractivity contribution < 1.29 is 18.7 Å². The highest BCUT2D eigenvalue weighted by Crippen LogP contribution is 2.23. The Labute approximate surface area is 155 Å². The molecule has 5 nitrogen and oxygen atoms in total. The lowest BCUT2D eigenvalue weighted by atomic mass is 10.0. The lowest BCUT2D eigenvalue weighted by molar-refractivity contribution is -0.138. The van der Waals surface area contributed by atoms with Crippen molar-refractivity contribution in [3.63, 3.8) is 0 Å². The highest BCUT2D eigenvalue weighted by Gasteiger charge is 2.36. The number of benzene rings is 1. The molecule has 1 aromatic rings. The van der Waals surface area contributed by atoms with Crippen LogP contribution in [0.5, 0.6) is 0 Å². The Morgan fingerprint density at radius 1 is 1.27 bits per heavy atom. The summed E-state index contributed by atoms with van der Waals surface area (Å²) in [5, 5.41) is 0. The van der Waals surface area contributed by atoms with E-state index in [9.17, 15) is 14.0 Å². The van der Waals surface area contributed by atoms with Gasteiger partial charge in [0, 0.05) is 25.2 Å². The monoisotopic (exact) mass is 364 g/mol. The first kappa shape index (κ1) is 20.2. The molecule has 1 aromatic carbocycles. The van der Waals surface area contributed by atoms with Crippen LogP contribution < -0.4 is 0 Å². The third-order valence-electron chi connectivity index (χ3n) is 4.43. The number of likely N-dealkylation sites (N-methyl/N-ethyl adjacent to an activating group) is 1. The van der Waals surface area contributed by atoms with Crippen molar-refractivity contribution in [3.05, 3.63) is 35.6 Å². The summed E-state index contributed by atoms with van der Waals surface area (Å²) in [5.41, 5.74) is -0.137. The molecule has 0 radical (unpaired) electrons. The van der Waals surface area contributed by atoms with E-state index < -0.39 is 17.7 Å². The first-order valence-corrected chi connectivity index (χ1v) is 9.24. The van der Waals surface area contributed by atoms with Crippen molar-refractivity contribution in [2.45, 2.75) is 65.1 Å². The van der Waals surface area contributed by atoms with Gasteiger partial charge in [-0.3, -0.25) is 9.69 Å². The van der Waals surface area contributed by atoms with Gasteiger partial charge in [0.2, 0.25) is 5.91 Å².